The Hall–Kier alpha value is -3.72. The lowest BCUT2D eigenvalue weighted by atomic mass is 10.2. The number of amides is 1. The van der Waals surface area contributed by atoms with Gasteiger partial charge in [-0.3, -0.25) is 9.89 Å². The van der Waals surface area contributed by atoms with Crippen LogP contribution in [0, 0.1) is 6.92 Å². The number of nitrogens with one attached hydrogen (secondary N) is 2. The minimum Gasteiger partial charge on any atom is -0.497 e. The van der Waals surface area contributed by atoms with Crippen LogP contribution in [-0.2, 0) is 16.4 Å². The molecule has 4 rings (SSSR count). The number of hydrogen-bond donors (Lipinski definition) is 2. The highest BCUT2D eigenvalue weighted by Crippen LogP contribution is 2.27. The largest absolute Gasteiger partial charge is 0.497 e. The van der Waals surface area contributed by atoms with E-state index in [-0.39, 0.29) is 22.2 Å². The standard InChI is InChI=1S/C22H20N4O4S/c1-14-9-18(30-2)5-8-20(14)31(28,29)19-6-3-15(4-7-19)11-24-22(27)17-10-16-13-25-26-21(16)23-12-17/h3-10,12-13H,11H2,1-2H3,(H,24,27)(H,23,25,26). The fraction of sp³-hybridized carbons (Fsp3) is 0.136. The molecule has 0 fully saturated rings. The molecule has 0 aliphatic rings. The van der Waals surface area contributed by atoms with Gasteiger partial charge >= 0.3 is 0 Å². The smallest absolute Gasteiger partial charge is 0.253 e. The van der Waals surface area contributed by atoms with E-state index in [0.717, 1.165) is 10.9 Å². The average Bonchev–Trinajstić information content (AvgIpc) is 3.25. The second kappa shape index (κ2) is 8.19. The van der Waals surface area contributed by atoms with Crippen LogP contribution in [0.1, 0.15) is 21.5 Å². The third kappa shape index (κ3) is 4.13. The summed E-state index contributed by atoms with van der Waals surface area (Å²) in [7, 11) is -2.13. The second-order valence-corrected chi connectivity index (χ2v) is 8.91. The first-order valence-corrected chi connectivity index (χ1v) is 10.9. The minimum absolute atomic E-state index is 0.186. The van der Waals surface area contributed by atoms with Gasteiger partial charge in [0.2, 0.25) is 9.84 Å². The van der Waals surface area contributed by atoms with E-state index in [4.69, 9.17) is 4.74 Å². The maximum Gasteiger partial charge on any atom is 0.253 e. The van der Waals surface area contributed by atoms with Crippen molar-refractivity contribution in [2.75, 3.05) is 7.11 Å². The fourth-order valence-corrected chi connectivity index (χ4v) is 4.69. The highest BCUT2D eigenvalue weighted by Gasteiger charge is 2.20. The number of carbonyl (C=O) groups excluding carboxylic acids is 1. The first kappa shape index (κ1) is 20.5. The van der Waals surface area contributed by atoms with Gasteiger partial charge in [0, 0.05) is 18.1 Å². The molecule has 2 N–H and O–H groups in total. The summed E-state index contributed by atoms with van der Waals surface area (Å²) in [6.45, 7) is 1.99. The Bertz CT molecular complexity index is 1360. The molecule has 0 aliphatic heterocycles. The zero-order chi connectivity index (χ0) is 22.0. The number of rotatable bonds is 6. The highest BCUT2D eigenvalue weighted by atomic mass is 32.2. The monoisotopic (exact) mass is 436 g/mol. The third-order valence-corrected chi connectivity index (χ3v) is 6.84. The van der Waals surface area contributed by atoms with Gasteiger partial charge in [0.25, 0.3) is 5.91 Å². The van der Waals surface area contributed by atoms with Gasteiger partial charge in [-0.15, -0.1) is 0 Å². The molecule has 1 amide bonds. The van der Waals surface area contributed by atoms with Gasteiger partial charge < -0.3 is 10.1 Å². The van der Waals surface area contributed by atoms with Crippen molar-refractivity contribution < 1.29 is 17.9 Å². The predicted molar refractivity (Wildman–Crippen MR) is 115 cm³/mol. The van der Waals surface area contributed by atoms with Crippen LogP contribution in [0.3, 0.4) is 0 Å². The van der Waals surface area contributed by atoms with E-state index >= 15 is 0 Å². The molecule has 8 nitrogen and oxygen atoms in total. The van der Waals surface area contributed by atoms with Gasteiger partial charge in [-0.25, -0.2) is 13.4 Å². The number of benzene rings is 2. The van der Waals surface area contributed by atoms with E-state index < -0.39 is 9.84 Å². The van der Waals surface area contributed by atoms with Crippen LogP contribution < -0.4 is 10.1 Å². The number of sulfone groups is 1. The van der Waals surface area contributed by atoms with Gasteiger partial charge in [-0.1, -0.05) is 12.1 Å². The summed E-state index contributed by atoms with van der Waals surface area (Å²) in [6, 6.07) is 13.0. The number of hydrogen-bond acceptors (Lipinski definition) is 6. The van der Waals surface area contributed by atoms with Crippen LogP contribution in [0.25, 0.3) is 11.0 Å². The molecule has 0 atom stereocenters. The molecule has 2 aromatic carbocycles. The Balaban J connectivity index is 1.47. The van der Waals surface area contributed by atoms with Crippen LogP contribution in [0.4, 0.5) is 0 Å². The Morgan fingerprint density at radius 2 is 1.87 bits per heavy atom. The fourth-order valence-electron chi connectivity index (χ4n) is 3.21. The van der Waals surface area contributed by atoms with Crippen LogP contribution in [0.5, 0.6) is 5.75 Å². The molecule has 0 unspecified atom stereocenters. The third-order valence-electron chi connectivity index (χ3n) is 4.91. The van der Waals surface area contributed by atoms with Gasteiger partial charge in [0.05, 0.1) is 28.7 Å². The molecule has 2 heterocycles. The molecule has 0 saturated heterocycles. The molecule has 0 spiro atoms. The van der Waals surface area contributed by atoms with Crippen molar-refractivity contribution in [3.8, 4) is 5.75 Å². The van der Waals surface area contributed by atoms with E-state index in [9.17, 15) is 13.2 Å². The lowest BCUT2D eigenvalue weighted by Crippen LogP contribution is -2.22. The molecule has 4 aromatic rings. The number of methoxy groups -OCH3 is 1. The quantitative estimate of drug-likeness (QED) is 0.480. The predicted octanol–water partition coefficient (Wildman–Crippen LogP) is 3.04. The first-order chi connectivity index (χ1) is 14.9. The number of aryl methyl sites for hydroxylation is 1. The van der Waals surface area contributed by atoms with Crippen molar-refractivity contribution >= 4 is 26.8 Å². The average molecular weight is 436 g/mol. The van der Waals surface area contributed by atoms with E-state index in [1.807, 2.05) is 0 Å². The van der Waals surface area contributed by atoms with Gasteiger partial charge in [-0.2, -0.15) is 5.10 Å². The molecule has 9 heteroatoms. The van der Waals surface area contributed by atoms with Crippen molar-refractivity contribution in [1.29, 1.82) is 0 Å². The molecule has 0 saturated carbocycles. The molecule has 0 bridgehead atoms. The van der Waals surface area contributed by atoms with Crippen LogP contribution in [-0.4, -0.2) is 36.6 Å². The van der Waals surface area contributed by atoms with Crippen molar-refractivity contribution in [3.63, 3.8) is 0 Å². The number of nitrogens with zero attached hydrogens (tertiary/aromatic N) is 2. The molecule has 0 radical (unpaired) electrons. The maximum absolute atomic E-state index is 13.0. The number of ether oxygens (including phenoxy) is 1. The van der Waals surface area contributed by atoms with Crippen molar-refractivity contribution in [2.45, 2.75) is 23.3 Å². The highest BCUT2D eigenvalue weighted by molar-refractivity contribution is 7.91. The summed E-state index contributed by atoms with van der Waals surface area (Å²) in [5.74, 6) is 0.325. The SMILES string of the molecule is COc1ccc(S(=O)(=O)c2ccc(CNC(=O)c3cnc4[nH]ncc4c3)cc2)c(C)c1. The summed E-state index contributed by atoms with van der Waals surface area (Å²) >= 11 is 0. The number of H-pyrrole nitrogens is 1. The molecule has 158 valence electrons. The Kier molecular flexibility index (Phi) is 5.43. The van der Waals surface area contributed by atoms with Crippen LogP contribution in [0.15, 0.2) is 70.7 Å². The normalized spacial score (nSPS) is 11.4. The van der Waals surface area contributed by atoms with E-state index in [1.54, 1.807) is 61.7 Å². The summed E-state index contributed by atoms with van der Waals surface area (Å²) in [5.41, 5.74) is 2.42. The number of carbonyl (C=O) groups is 1. The molecule has 31 heavy (non-hydrogen) atoms. The maximum atomic E-state index is 13.0. The summed E-state index contributed by atoms with van der Waals surface area (Å²) in [6.07, 6.45) is 3.07. The molecule has 2 aromatic heterocycles. The summed E-state index contributed by atoms with van der Waals surface area (Å²) in [4.78, 5) is 17.0. The Morgan fingerprint density at radius 1 is 1.10 bits per heavy atom. The molecular formula is C22H20N4O4S. The van der Waals surface area contributed by atoms with Crippen molar-refractivity contribution in [2.24, 2.45) is 0 Å². The van der Waals surface area contributed by atoms with Gasteiger partial charge in [0.1, 0.15) is 5.75 Å². The summed E-state index contributed by atoms with van der Waals surface area (Å²) in [5, 5.41) is 10.2. The van der Waals surface area contributed by atoms with E-state index in [0.29, 0.717) is 22.5 Å². The van der Waals surface area contributed by atoms with Crippen molar-refractivity contribution in [3.05, 3.63) is 77.6 Å². The molecule has 0 aliphatic carbocycles. The van der Waals surface area contributed by atoms with Crippen molar-refractivity contribution in [1.82, 2.24) is 20.5 Å². The number of aromatic nitrogens is 3. The lowest BCUT2D eigenvalue weighted by Gasteiger charge is -2.10. The van der Waals surface area contributed by atoms with E-state index in [1.165, 1.54) is 13.3 Å². The van der Waals surface area contributed by atoms with Gasteiger partial charge in [-0.05, 0) is 54.4 Å². The zero-order valence-corrected chi connectivity index (χ0v) is 17.7. The minimum atomic E-state index is -3.66. The first-order valence-electron chi connectivity index (χ1n) is 9.44. The van der Waals surface area contributed by atoms with Crippen LogP contribution in [0.2, 0.25) is 0 Å². The number of fused-ring (bicyclic) bond motifs is 1. The number of aromatic amines is 1. The number of pyridine rings is 1. The van der Waals surface area contributed by atoms with Crippen LogP contribution >= 0.6 is 0 Å². The molecular weight excluding hydrogens is 416 g/mol. The summed E-state index contributed by atoms with van der Waals surface area (Å²) < 4.78 is 31.1. The second-order valence-electron chi connectivity index (χ2n) is 6.99. The zero-order valence-electron chi connectivity index (χ0n) is 16.9. The van der Waals surface area contributed by atoms with E-state index in [2.05, 4.69) is 20.5 Å². The Labute approximate surface area is 179 Å². The lowest BCUT2D eigenvalue weighted by molar-refractivity contribution is 0.0950. The van der Waals surface area contributed by atoms with Gasteiger partial charge in [0.15, 0.2) is 5.65 Å². The Morgan fingerprint density at radius 3 is 2.58 bits per heavy atom. The topological polar surface area (TPSA) is 114 Å².